The highest BCUT2D eigenvalue weighted by molar-refractivity contribution is 5.54. The van der Waals surface area contributed by atoms with Crippen LogP contribution in [0.1, 0.15) is 62.3 Å². The van der Waals surface area contributed by atoms with E-state index in [1.165, 1.54) is 36.0 Å². The Balaban J connectivity index is 2.16. The minimum atomic E-state index is 0.142. The van der Waals surface area contributed by atoms with Gasteiger partial charge in [-0.3, -0.25) is 0 Å². The van der Waals surface area contributed by atoms with E-state index in [2.05, 4.69) is 39.5 Å². The molecule has 0 spiro atoms. The zero-order chi connectivity index (χ0) is 14.5. The van der Waals surface area contributed by atoms with Crippen molar-refractivity contribution in [3.05, 3.63) is 41.0 Å². The fraction of sp³-hybridized carbons (Fsp3) is 0.579. The van der Waals surface area contributed by atoms with E-state index in [9.17, 15) is 5.11 Å². The molecule has 0 amide bonds. The normalized spacial score (nSPS) is 27.6. The van der Waals surface area contributed by atoms with Crippen molar-refractivity contribution in [2.75, 3.05) is 0 Å². The highest BCUT2D eigenvalue weighted by Gasteiger charge is 2.35. The summed E-state index contributed by atoms with van der Waals surface area (Å²) in [6.07, 6.45) is 8.93. The molecule has 1 aromatic rings. The van der Waals surface area contributed by atoms with Crippen LogP contribution >= 0.6 is 0 Å². The second-order valence-electron chi connectivity index (χ2n) is 7.65. The first kappa shape index (κ1) is 13.7. The molecule has 0 bridgehead atoms. The molecule has 0 saturated heterocycles. The SMILES string of the molecule is C=C[C@@]1(C)CCc2c(c(O)cc3c2CCCC3(C)C)C1. The van der Waals surface area contributed by atoms with E-state index in [-0.39, 0.29) is 10.8 Å². The van der Waals surface area contributed by atoms with Crippen molar-refractivity contribution in [2.45, 2.75) is 64.7 Å². The molecule has 2 aliphatic carbocycles. The van der Waals surface area contributed by atoms with Crippen LogP contribution in [0.4, 0.5) is 0 Å². The van der Waals surface area contributed by atoms with Gasteiger partial charge in [0.1, 0.15) is 5.75 Å². The number of allylic oxidation sites excluding steroid dienone is 1. The van der Waals surface area contributed by atoms with Crippen LogP contribution in [0.25, 0.3) is 0 Å². The van der Waals surface area contributed by atoms with Crippen LogP contribution in [0.3, 0.4) is 0 Å². The molecule has 1 atom stereocenters. The predicted molar refractivity (Wildman–Crippen MR) is 84.4 cm³/mol. The number of phenolic OH excluding ortho intramolecular Hbond substituents is 1. The lowest BCUT2D eigenvalue weighted by Crippen LogP contribution is -2.29. The Bertz CT molecular complexity index is 568. The zero-order valence-corrected chi connectivity index (χ0v) is 13.1. The number of fused-ring (bicyclic) bond motifs is 3. The Morgan fingerprint density at radius 3 is 2.55 bits per heavy atom. The van der Waals surface area contributed by atoms with E-state index in [0.29, 0.717) is 5.75 Å². The Kier molecular flexibility index (Phi) is 3.00. The van der Waals surface area contributed by atoms with E-state index in [0.717, 1.165) is 19.3 Å². The minimum absolute atomic E-state index is 0.142. The van der Waals surface area contributed by atoms with Crippen molar-refractivity contribution in [3.8, 4) is 5.75 Å². The highest BCUT2D eigenvalue weighted by Crippen LogP contribution is 2.47. The number of hydrogen-bond acceptors (Lipinski definition) is 1. The van der Waals surface area contributed by atoms with Gasteiger partial charge in [-0.15, -0.1) is 6.58 Å². The summed E-state index contributed by atoms with van der Waals surface area (Å²) >= 11 is 0. The topological polar surface area (TPSA) is 20.2 Å². The van der Waals surface area contributed by atoms with Crippen LogP contribution in [-0.2, 0) is 24.7 Å². The van der Waals surface area contributed by atoms with Gasteiger partial charge in [0.15, 0.2) is 0 Å². The average Bonchev–Trinajstić information content (AvgIpc) is 2.40. The number of rotatable bonds is 1. The molecule has 2 aliphatic rings. The molecule has 108 valence electrons. The molecule has 1 N–H and O–H groups in total. The summed E-state index contributed by atoms with van der Waals surface area (Å²) in [6, 6.07) is 2.06. The monoisotopic (exact) mass is 270 g/mol. The average molecular weight is 270 g/mol. The maximum Gasteiger partial charge on any atom is 0.119 e. The van der Waals surface area contributed by atoms with Gasteiger partial charge in [0.25, 0.3) is 0 Å². The van der Waals surface area contributed by atoms with Gasteiger partial charge in [0.05, 0.1) is 0 Å². The van der Waals surface area contributed by atoms with Crippen molar-refractivity contribution >= 4 is 0 Å². The summed E-state index contributed by atoms with van der Waals surface area (Å²) in [7, 11) is 0. The summed E-state index contributed by atoms with van der Waals surface area (Å²) in [5.74, 6) is 0.515. The van der Waals surface area contributed by atoms with Crippen molar-refractivity contribution in [3.63, 3.8) is 0 Å². The quantitative estimate of drug-likeness (QED) is 0.734. The first-order chi connectivity index (χ1) is 9.36. The number of benzene rings is 1. The molecule has 0 aliphatic heterocycles. The van der Waals surface area contributed by atoms with Crippen molar-refractivity contribution in [2.24, 2.45) is 5.41 Å². The van der Waals surface area contributed by atoms with Crippen LogP contribution in [0.5, 0.6) is 5.75 Å². The number of phenols is 1. The number of aromatic hydroxyl groups is 1. The molecule has 0 heterocycles. The lowest BCUT2D eigenvalue weighted by Gasteiger charge is -2.39. The van der Waals surface area contributed by atoms with Crippen molar-refractivity contribution < 1.29 is 5.11 Å². The molecule has 0 fully saturated rings. The lowest BCUT2D eigenvalue weighted by molar-refractivity contribution is 0.349. The van der Waals surface area contributed by atoms with Crippen molar-refractivity contribution in [1.29, 1.82) is 0 Å². The summed E-state index contributed by atoms with van der Waals surface area (Å²) in [6.45, 7) is 10.9. The molecule has 0 saturated carbocycles. The van der Waals surface area contributed by atoms with Gasteiger partial charge in [-0.1, -0.05) is 26.8 Å². The molecular weight excluding hydrogens is 244 g/mol. The van der Waals surface area contributed by atoms with Gasteiger partial charge >= 0.3 is 0 Å². The van der Waals surface area contributed by atoms with Gasteiger partial charge in [-0.25, -0.2) is 0 Å². The molecule has 0 aromatic heterocycles. The Morgan fingerprint density at radius 1 is 1.10 bits per heavy atom. The van der Waals surface area contributed by atoms with Gasteiger partial charge in [0, 0.05) is 0 Å². The maximum atomic E-state index is 10.5. The smallest absolute Gasteiger partial charge is 0.119 e. The summed E-state index contributed by atoms with van der Waals surface area (Å²) < 4.78 is 0. The van der Waals surface area contributed by atoms with Crippen LogP contribution in [0.15, 0.2) is 18.7 Å². The molecule has 0 radical (unpaired) electrons. The number of hydrogen-bond donors (Lipinski definition) is 1. The second-order valence-corrected chi connectivity index (χ2v) is 7.65. The van der Waals surface area contributed by atoms with Gasteiger partial charge in [-0.2, -0.15) is 0 Å². The molecule has 3 rings (SSSR count). The van der Waals surface area contributed by atoms with E-state index >= 15 is 0 Å². The summed E-state index contributed by atoms with van der Waals surface area (Å²) in [5.41, 5.74) is 5.92. The van der Waals surface area contributed by atoms with Crippen LogP contribution in [-0.4, -0.2) is 5.11 Å². The predicted octanol–water partition coefficient (Wildman–Crippen LogP) is 4.69. The van der Waals surface area contributed by atoms with E-state index in [1.54, 1.807) is 5.56 Å². The second kappa shape index (κ2) is 4.38. The summed E-state index contributed by atoms with van der Waals surface area (Å²) in [4.78, 5) is 0. The van der Waals surface area contributed by atoms with Crippen LogP contribution in [0.2, 0.25) is 0 Å². The van der Waals surface area contributed by atoms with Crippen LogP contribution in [0, 0.1) is 5.41 Å². The largest absolute Gasteiger partial charge is 0.508 e. The third-order valence-electron chi connectivity index (χ3n) is 5.62. The van der Waals surface area contributed by atoms with Gasteiger partial charge in [0.2, 0.25) is 0 Å². The molecule has 20 heavy (non-hydrogen) atoms. The fourth-order valence-corrected chi connectivity index (χ4v) is 4.12. The third kappa shape index (κ3) is 1.99. The Hall–Kier alpha value is -1.24. The first-order valence-electron chi connectivity index (χ1n) is 7.87. The lowest BCUT2D eigenvalue weighted by atomic mass is 9.66. The first-order valence-corrected chi connectivity index (χ1v) is 7.87. The third-order valence-corrected chi connectivity index (χ3v) is 5.62. The van der Waals surface area contributed by atoms with Gasteiger partial charge < -0.3 is 5.11 Å². The molecule has 1 heteroatoms. The minimum Gasteiger partial charge on any atom is -0.508 e. The molecule has 1 aromatic carbocycles. The van der Waals surface area contributed by atoms with Crippen LogP contribution < -0.4 is 0 Å². The Morgan fingerprint density at radius 2 is 1.85 bits per heavy atom. The van der Waals surface area contributed by atoms with E-state index in [1.807, 2.05) is 0 Å². The van der Waals surface area contributed by atoms with Crippen molar-refractivity contribution in [1.82, 2.24) is 0 Å². The molecule has 1 nitrogen and oxygen atoms in total. The molecular formula is C19H26O. The highest BCUT2D eigenvalue weighted by atomic mass is 16.3. The maximum absolute atomic E-state index is 10.5. The molecule has 0 unspecified atom stereocenters. The fourth-order valence-electron chi connectivity index (χ4n) is 4.12. The summed E-state index contributed by atoms with van der Waals surface area (Å²) in [5, 5.41) is 10.5. The van der Waals surface area contributed by atoms with E-state index < -0.39 is 0 Å². The zero-order valence-electron chi connectivity index (χ0n) is 13.1. The van der Waals surface area contributed by atoms with E-state index in [4.69, 9.17) is 0 Å². The Labute approximate surface area is 122 Å². The van der Waals surface area contributed by atoms with Gasteiger partial charge in [-0.05, 0) is 77.7 Å². The standard InChI is InChI=1S/C19H26O/c1-5-19(4)10-8-13-14-7-6-9-18(2,3)16(14)11-17(20)15(13)12-19/h5,11,20H,1,6-10,12H2,2-4H3/t19-/m0/s1.